The van der Waals surface area contributed by atoms with Crippen molar-refractivity contribution < 1.29 is 19.0 Å². The van der Waals surface area contributed by atoms with E-state index in [9.17, 15) is 4.79 Å². The van der Waals surface area contributed by atoms with Crippen LogP contribution in [0.1, 0.15) is 57.6 Å². The van der Waals surface area contributed by atoms with Gasteiger partial charge in [0.1, 0.15) is 5.82 Å². The molecule has 0 spiro atoms. The van der Waals surface area contributed by atoms with Gasteiger partial charge in [0.15, 0.2) is 0 Å². The second-order valence-electron chi connectivity index (χ2n) is 8.37. The largest absolute Gasteiger partial charge is 0.383 e. The first-order valence-electron chi connectivity index (χ1n) is 11.3. The number of amides is 1. The molecule has 1 aliphatic rings. The maximum absolute atomic E-state index is 13.3. The first kappa shape index (κ1) is 24.4. The van der Waals surface area contributed by atoms with Crippen molar-refractivity contribution in [1.82, 2.24) is 19.4 Å². The highest BCUT2D eigenvalue weighted by Gasteiger charge is 2.28. The van der Waals surface area contributed by atoms with E-state index < -0.39 is 0 Å². The first-order valence-corrected chi connectivity index (χ1v) is 11.3. The Balaban J connectivity index is 1.65. The molecule has 176 valence electrons. The zero-order valence-corrected chi connectivity index (χ0v) is 20.0. The van der Waals surface area contributed by atoms with E-state index in [2.05, 4.69) is 9.55 Å². The Morgan fingerprint density at radius 1 is 1.09 bits per heavy atom. The maximum atomic E-state index is 13.3. The zero-order valence-electron chi connectivity index (χ0n) is 20.0. The van der Waals surface area contributed by atoms with E-state index in [1.807, 2.05) is 37.9 Å². The summed E-state index contributed by atoms with van der Waals surface area (Å²) in [5.41, 5.74) is 4.97. The van der Waals surface area contributed by atoms with Crippen LogP contribution in [0.4, 0.5) is 0 Å². The number of nitrogens with zero attached hydrogens (tertiary/aromatic N) is 4. The number of aryl methyl sites for hydroxylation is 2. The Bertz CT molecular complexity index is 904. The van der Waals surface area contributed by atoms with Crippen molar-refractivity contribution in [2.24, 2.45) is 0 Å². The molecule has 3 rings (SSSR count). The van der Waals surface area contributed by atoms with E-state index in [0.717, 1.165) is 66.5 Å². The van der Waals surface area contributed by atoms with Crippen molar-refractivity contribution in [2.45, 2.75) is 52.7 Å². The van der Waals surface area contributed by atoms with Gasteiger partial charge in [0.2, 0.25) is 0 Å². The standard InChI is InChI=1S/C24H36N4O4/c1-17-14-22(18(2)28(17)10-11-30-4)24(29)27-8-6-20(7-9-27)23-21(15-25-19(3)26-23)16-32-13-12-31-5/h14-15,20H,6-13,16H2,1-5H3. The van der Waals surface area contributed by atoms with Crippen LogP contribution in [0.15, 0.2) is 12.3 Å². The van der Waals surface area contributed by atoms with Gasteiger partial charge in [-0.05, 0) is 39.7 Å². The summed E-state index contributed by atoms with van der Waals surface area (Å²) in [6, 6.07) is 2.00. The van der Waals surface area contributed by atoms with Crippen LogP contribution in [-0.4, -0.2) is 72.5 Å². The van der Waals surface area contributed by atoms with E-state index >= 15 is 0 Å². The number of methoxy groups -OCH3 is 2. The van der Waals surface area contributed by atoms with Crippen molar-refractivity contribution >= 4 is 5.91 Å². The maximum Gasteiger partial charge on any atom is 0.255 e. The average molecular weight is 445 g/mol. The van der Waals surface area contributed by atoms with Crippen LogP contribution in [0.3, 0.4) is 0 Å². The van der Waals surface area contributed by atoms with Gasteiger partial charge in [0.25, 0.3) is 5.91 Å². The van der Waals surface area contributed by atoms with Crippen LogP contribution in [-0.2, 0) is 27.4 Å². The SMILES string of the molecule is COCCOCc1cnc(C)nc1C1CCN(C(=O)c2cc(C)n(CCOC)c2C)CC1. The minimum Gasteiger partial charge on any atom is -0.383 e. The molecule has 1 amide bonds. The normalized spacial score (nSPS) is 14.8. The summed E-state index contributed by atoms with van der Waals surface area (Å²) in [6.07, 6.45) is 3.64. The van der Waals surface area contributed by atoms with Crippen molar-refractivity contribution in [3.8, 4) is 0 Å². The summed E-state index contributed by atoms with van der Waals surface area (Å²) in [4.78, 5) is 24.3. The molecule has 1 aliphatic heterocycles. The molecule has 2 aromatic heterocycles. The molecule has 0 aromatic carbocycles. The van der Waals surface area contributed by atoms with Crippen LogP contribution in [0, 0.1) is 20.8 Å². The molecule has 0 aliphatic carbocycles. The van der Waals surface area contributed by atoms with Gasteiger partial charge >= 0.3 is 0 Å². The number of rotatable bonds is 10. The summed E-state index contributed by atoms with van der Waals surface area (Å²) in [5.74, 6) is 1.18. The van der Waals surface area contributed by atoms with Crippen molar-refractivity contribution in [1.29, 1.82) is 0 Å². The van der Waals surface area contributed by atoms with Gasteiger partial charge < -0.3 is 23.7 Å². The predicted octanol–water partition coefficient (Wildman–Crippen LogP) is 3.03. The quantitative estimate of drug-likeness (QED) is 0.524. The summed E-state index contributed by atoms with van der Waals surface area (Å²) in [7, 11) is 3.36. The van der Waals surface area contributed by atoms with E-state index in [4.69, 9.17) is 19.2 Å². The lowest BCUT2D eigenvalue weighted by Gasteiger charge is -2.32. The molecule has 0 N–H and O–H groups in total. The van der Waals surface area contributed by atoms with E-state index in [1.54, 1.807) is 14.2 Å². The number of likely N-dealkylation sites (tertiary alicyclic amines) is 1. The molecule has 3 heterocycles. The fourth-order valence-electron chi connectivity index (χ4n) is 4.37. The molecule has 0 radical (unpaired) electrons. The Morgan fingerprint density at radius 3 is 2.50 bits per heavy atom. The molecule has 32 heavy (non-hydrogen) atoms. The molecule has 0 saturated carbocycles. The Kier molecular flexibility index (Phi) is 8.78. The van der Waals surface area contributed by atoms with E-state index in [0.29, 0.717) is 32.3 Å². The molecule has 0 unspecified atom stereocenters. The number of carbonyl (C=O) groups is 1. The number of ether oxygens (including phenoxy) is 3. The average Bonchev–Trinajstić information content (AvgIpc) is 3.08. The van der Waals surface area contributed by atoms with Crippen LogP contribution in [0.2, 0.25) is 0 Å². The lowest BCUT2D eigenvalue weighted by Crippen LogP contribution is -2.38. The predicted molar refractivity (Wildman–Crippen MR) is 122 cm³/mol. The highest BCUT2D eigenvalue weighted by Crippen LogP contribution is 2.30. The van der Waals surface area contributed by atoms with E-state index in [-0.39, 0.29) is 5.91 Å². The first-order chi connectivity index (χ1) is 15.5. The summed E-state index contributed by atoms with van der Waals surface area (Å²) < 4.78 is 18.1. The molecule has 0 atom stereocenters. The minimum atomic E-state index is 0.113. The number of hydrogen-bond donors (Lipinski definition) is 0. The number of aromatic nitrogens is 3. The Hall–Kier alpha value is -2.29. The third-order valence-corrected chi connectivity index (χ3v) is 6.20. The molecule has 8 nitrogen and oxygen atoms in total. The molecule has 1 saturated heterocycles. The van der Waals surface area contributed by atoms with Gasteiger partial charge in [-0.15, -0.1) is 0 Å². The fraction of sp³-hybridized carbons (Fsp3) is 0.625. The second kappa shape index (κ2) is 11.5. The Morgan fingerprint density at radius 2 is 1.81 bits per heavy atom. The lowest BCUT2D eigenvalue weighted by atomic mass is 9.90. The number of piperidine rings is 1. The van der Waals surface area contributed by atoms with Gasteiger partial charge in [-0.3, -0.25) is 4.79 Å². The minimum absolute atomic E-state index is 0.113. The lowest BCUT2D eigenvalue weighted by molar-refractivity contribution is 0.0604. The van der Waals surface area contributed by atoms with Gasteiger partial charge in [-0.2, -0.15) is 0 Å². The number of hydrogen-bond acceptors (Lipinski definition) is 6. The molecular weight excluding hydrogens is 408 g/mol. The fourth-order valence-corrected chi connectivity index (χ4v) is 4.37. The molecular formula is C24H36N4O4. The van der Waals surface area contributed by atoms with Gasteiger partial charge in [0, 0.05) is 62.9 Å². The van der Waals surface area contributed by atoms with Gasteiger partial charge in [-0.1, -0.05) is 0 Å². The molecule has 8 heteroatoms. The van der Waals surface area contributed by atoms with Crippen molar-refractivity contribution in [3.05, 3.63) is 46.3 Å². The van der Waals surface area contributed by atoms with E-state index in [1.165, 1.54) is 0 Å². The summed E-state index contributed by atoms with van der Waals surface area (Å²) in [6.45, 7) is 10.4. The smallest absolute Gasteiger partial charge is 0.255 e. The zero-order chi connectivity index (χ0) is 23.1. The highest BCUT2D eigenvalue weighted by atomic mass is 16.5. The van der Waals surface area contributed by atoms with Gasteiger partial charge in [-0.25, -0.2) is 9.97 Å². The van der Waals surface area contributed by atoms with Crippen LogP contribution in [0.5, 0.6) is 0 Å². The van der Waals surface area contributed by atoms with Gasteiger partial charge in [0.05, 0.1) is 37.7 Å². The Labute approximate surface area is 190 Å². The third-order valence-electron chi connectivity index (χ3n) is 6.20. The summed E-state index contributed by atoms with van der Waals surface area (Å²) >= 11 is 0. The highest BCUT2D eigenvalue weighted by molar-refractivity contribution is 5.95. The molecule has 2 aromatic rings. The van der Waals surface area contributed by atoms with Crippen LogP contribution >= 0.6 is 0 Å². The third kappa shape index (κ3) is 5.74. The van der Waals surface area contributed by atoms with Crippen LogP contribution in [0.25, 0.3) is 0 Å². The second-order valence-corrected chi connectivity index (χ2v) is 8.37. The van der Waals surface area contributed by atoms with Crippen molar-refractivity contribution in [3.63, 3.8) is 0 Å². The molecule has 1 fully saturated rings. The molecule has 0 bridgehead atoms. The topological polar surface area (TPSA) is 78.7 Å². The van der Waals surface area contributed by atoms with Crippen molar-refractivity contribution in [2.75, 3.05) is 47.1 Å². The number of carbonyl (C=O) groups excluding carboxylic acids is 1. The summed E-state index contributed by atoms with van der Waals surface area (Å²) in [5, 5.41) is 0. The monoisotopic (exact) mass is 444 g/mol. The van der Waals surface area contributed by atoms with Crippen LogP contribution < -0.4 is 0 Å².